The third-order valence-corrected chi connectivity index (χ3v) is 3.74. The van der Waals surface area contributed by atoms with Gasteiger partial charge in [0.05, 0.1) is 0 Å². The summed E-state index contributed by atoms with van der Waals surface area (Å²) in [5.41, 5.74) is 2.11. The first-order valence-electron chi connectivity index (χ1n) is 6.67. The van der Waals surface area contributed by atoms with Crippen molar-refractivity contribution in [3.05, 3.63) is 53.0 Å². The zero-order valence-corrected chi connectivity index (χ0v) is 13.4. The van der Waals surface area contributed by atoms with Crippen LogP contribution in [-0.2, 0) is 5.54 Å². The average molecular weight is 331 g/mol. The van der Waals surface area contributed by atoms with E-state index in [-0.39, 0.29) is 5.54 Å². The number of halogens is 1. The second-order valence-corrected chi connectivity index (χ2v) is 6.83. The van der Waals surface area contributed by atoms with Crippen molar-refractivity contribution in [1.82, 2.24) is 0 Å². The fourth-order valence-electron chi connectivity index (χ4n) is 2.35. The molecular weight excluding hydrogens is 314 g/mol. The molecule has 0 unspecified atom stereocenters. The lowest BCUT2D eigenvalue weighted by Gasteiger charge is -2.07. The predicted molar refractivity (Wildman–Crippen MR) is 84.5 cm³/mol. The third-order valence-electron chi connectivity index (χ3n) is 3.25. The van der Waals surface area contributed by atoms with Crippen molar-refractivity contribution in [3.63, 3.8) is 0 Å². The summed E-state index contributed by atoms with van der Waals surface area (Å²) in [6.07, 6.45) is 0. The number of hydrogen-bond donors (Lipinski definition) is 0. The Hall–Kier alpha value is -1.61. The summed E-state index contributed by atoms with van der Waals surface area (Å²) in [5.74, 6) is 0.914. The van der Waals surface area contributed by atoms with Gasteiger partial charge < -0.3 is 0 Å². The van der Waals surface area contributed by atoms with Crippen LogP contribution in [0.5, 0.6) is 0 Å². The highest BCUT2D eigenvalue weighted by molar-refractivity contribution is 9.10. The minimum Gasteiger partial charge on any atom is -0.234 e. The number of aromatic nitrogens is 1. The molecule has 102 valence electrons. The van der Waals surface area contributed by atoms with Gasteiger partial charge in [0.15, 0.2) is 0 Å². The zero-order valence-electron chi connectivity index (χ0n) is 11.9. The molecule has 1 aromatic heterocycles. The van der Waals surface area contributed by atoms with Gasteiger partial charge >= 0.3 is 0 Å². The van der Waals surface area contributed by atoms with E-state index in [0.717, 1.165) is 26.7 Å². The van der Waals surface area contributed by atoms with Gasteiger partial charge in [0.2, 0.25) is 11.3 Å². The Morgan fingerprint density at radius 3 is 2.35 bits per heavy atom. The van der Waals surface area contributed by atoms with E-state index in [0.29, 0.717) is 0 Å². The Morgan fingerprint density at radius 2 is 1.70 bits per heavy atom. The zero-order chi connectivity index (χ0) is 14.3. The second kappa shape index (κ2) is 4.74. The smallest absolute Gasteiger partial charge is 0.234 e. The summed E-state index contributed by atoms with van der Waals surface area (Å²) in [7, 11) is 0. The third kappa shape index (κ3) is 2.27. The van der Waals surface area contributed by atoms with E-state index in [1.165, 1.54) is 0 Å². The molecule has 3 rings (SSSR count). The molecule has 1 heterocycles. The lowest BCUT2D eigenvalue weighted by molar-refractivity contribution is -0.886. The van der Waals surface area contributed by atoms with Crippen LogP contribution in [0.3, 0.4) is 0 Å². The lowest BCUT2D eigenvalue weighted by atomic mass is 10.1. The van der Waals surface area contributed by atoms with Crippen molar-refractivity contribution in [2.45, 2.75) is 26.3 Å². The highest BCUT2D eigenvalue weighted by Crippen LogP contribution is 2.31. The Morgan fingerprint density at radius 1 is 1.00 bits per heavy atom. The Kier molecular flexibility index (Phi) is 3.17. The SMILES string of the molecule is CC(C)(C)[n+]1oc(-c2ccccc2)c2cc(Br)ccc21. The molecule has 0 aliphatic heterocycles. The summed E-state index contributed by atoms with van der Waals surface area (Å²) in [6.45, 7) is 6.44. The van der Waals surface area contributed by atoms with Gasteiger partial charge in [-0.3, -0.25) is 0 Å². The van der Waals surface area contributed by atoms with Gasteiger partial charge in [0, 0.05) is 36.9 Å². The minimum absolute atomic E-state index is 0.0981. The van der Waals surface area contributed by atoms with Crippen molar-refractivity contribution in [1.29, 1.82) is 0 Å². The van der Waals surface area contributed by atoms with Crippen LogP contribution in [-0.4, -0.2) is 0 Å². The number of fused-ring (bicyclic) bond motifs is 1. The summed E-state index contributed by atoms with van der Waals surface area (Å²) in [5, 5.41) is 1.13. The molecule has 3 aromatic rings. The van der Waals surface area contributed by atoms with Crippen LogP contribution in [0, 0.1) is 0 Å². The molecule has 2 aromatic carbocycles. The highest BCUT2D eigenvalue weighted by Gasteiger charge is 2.32. The molecule has 20 heavy (non-hydrogen) atoms. The molecule has 0 saturated carbocycles. The van der Waals surface area contributed by atoms with Gasteiger partial charge in [-0.15, -0.1) is 0 Å². The van der Waals surface area contributed by atoms with Crippen LogP contribution in [0.4, 0.5) is 0 Å². The molecule has 3 heteroatoms. The number of benzene rings is 2. The first-order chi connectivity index (χ1) is 9.47. The molecule has 0 N–H and O–H groups in total. The van der Waals surface area contributed by atoms with Gasteiger partial charge in [0.25, 0.3) is 5.52 Å². The summed E-state index contributed by atoms with van der Waals surface area (Å²) < 4.78 is 9.21. The van der Waals surface area contributed by atoms with Gasteiger partial charge in [-0.25, -0.2) is 4.52 Å². The first-order valence-corrected chi connectivity index (χ1v) is 7.46. The van der Waals surface area contributed by atoms with Crippen LogP contribution in [0.2, 0.25) is 0 Å². The van der Waals surface area contributed by atoms with Gasteiger partial charge in [-0.1, -0.05) is 46.3 Å². The number of nitrogens with zero attached hydrogens (tertiary/aromatic N) is 1. The molecule has 0 saturated heterocycles. The fourth-order valence-corrected chi connectivity index (χ4v) is 2.71. The quantitative estimate of drug-likeness (QED) is 0.579. The van der Waals surface area contributed by atoms with E-state index in [1.54, 1.807) is 0 Å². The summed E-state index contributed by atoms with van der Waals surface area (Å²) >= 11 is 3.55. The van der Waals surface area contributed by atoms with Crippen molar-refractivity contribution in [2.75, 3.05) is 0 Å². The van der Waals surface area contributed by atoms with E-state index in [2.05, 4.69) is 67.0 Å². The van der Waals surface area contributed by atoms with E-state index in [1.807, 2.05) is 22.9 Å². The van der Waals surface area contributed by atoms with E-state index in [9.17, 15) is 0 Å². The van der Waals surface area contributed by atoms with Crippen LogP contribution < -0.4 is 4.74 Å². The van der Waals surface area contributed by atoms with Gasteiger partial charge in [0.1, 0.15) is 5.39 Å². The van der Waals surface area contributed by atoms with Crippen molar-refractivity contribution in [2.24, 2.45) is 0 Å². The topological polar surface area (TPSA) is 17.0 Å². The van der Waals surface area contributed by atoms with Crippen LogP contribution in [0.15, 0.2) is 57.5 Å². The Balaban J connectivity index is 2.35. The maximum atomic E-state index is 6.17. The van der Waals surface area contributed by atoms with Crippen molar-refractivity contribution in [3.8, 4) is 11.3 Å². The second-order valence-electron chi connectivity index (χ2n) is 5.91. The standard InChI is InChI=1S/C17H17BrNO/c1-17(2,3)19-15-10-9-13(18)11-14(15)16(20-19)12-7-5-4-6-8-12/h4-11H,1-3H3/q+1. The van der Waals surface area contributed by atoms with E-state index >= 15 is 0 Å². The highest BCUT2D eigenvalue weighted by atomic mass is 79.9. The molecule has 0 amide bonds. The van der Waals surface area contributed by atoms with Crippen molar-refractivity contribution < 1.29 is 9.26 Å². The number of rotatable bonds is 1. The Labute approximate surface area is 127 Å². The summed E-state index contributed by atoms with van der Waals surface area (Å²) in [4.78, 5) is 0. The summed E-state index contributed by atoms with van der Waals surface area (Å²) in [6, 6.07) is 16.5. The molecular formula is C17H17BrNO+. The van der Waals surface area contributed by atoms with Gasteiger partial charge in [-0.05, 0) is 16.9 Å². The molecule has 2 nitrogen and oxygen atoms in total. The van der Waals surface area contributed by atoms with Crippen LogP contribution in [0.25, 0.3) is 22.2 Å². The largest absolute Gasteiger partial charge is 0.263 e. The minimum atomic E-state index is -0.0981. The molecule has 0 bridgehead atoms. The molecule has 0 fully saturated rings. The molecule has 0 spiro atoms. The lowest BCUT2D eigenvalue weighted by Crippen LogP contribution is -2.48. The first kappa shape index (κ1) is 13.4. The molecule has 0 atom stereocenters. The van der Waals surface area contributed by atoms with Crippen molar-refractivity contribution >= 4 is 26.8 Å². The molecule has 0 aliphatic rings. The van der Waals surface area contributed by atoms with Crippen LogP contribution in [0.1, 0.15) is 20.8 Å². The Bertz CT molecular complexity index is 754. The maximum absolute atomic E-state index is 6.17. The van der Waals surface area contributed by atoms with Crippen LogP contribution >= 0.6 is 15.9 Å². The normalized spacial score (nSPS) is 12.0. The monoisotopic (exact) mass is 330 g/mol. The molecule has 0 radical (unpaired) electrons. The fraction of sp³-hybridized carbons (Fsp3) is 0.235. The average Bonchev–Trinajstić information content (AvgIpc) is 2.78. The molecule has 0 aliphatic carbocycles. The number of hydrogen-bond acceptors (Lipinski definition) is 1. The predicted octanol–water partition coefficient (Wildman–Crippen LogP) is 4.90. The maximum Gasteiger partial charge on any atom is 0.263 e. The van der Waals surface area contributed by atoms with E-state index in [4.69, 9.17) is 4.52 Å². The van der Waals surface area contributed by atoms with E-state index < -0.39 is 0 Å². The van der Waals surface area contributed by atoms with Gasteiger partial charge in [-0.2, -0.15) is 0 Å².